The number of nitro benzene ring substituents is 1. The van der Waals surface area contributed by atoms with Crippen LogP contribution in [0.2, 0.25) is 0 Å². The van der Waals surface area contributed by atoms with Crippen LogP contribution in [0.5, 0.6) is 0 Å². The molecule has 5 nitrogen and oxygen atoms in total. The van der Waals surface area contributed by atoms with Crippen LogP contribution >= 0.6 is 0 Å². The summed E-state index contributed by atoms with van der Waals surface area (Å²) in [4.78, 5) is 12.7. The first-order chi connectivity index (χ1) is 8.16. The summed E-state index contributed by atoms with van der Waals surface area (Å²) in [6, 6.07) is 5.08. The number of hydrogen-bond donors (Lipinski definition) is 1. The summed E-state index contributed by atoms with van der Waals surface area (Å²) in [6.07, 6.45) is 3.73. The molecule has 0 amide bonds. The smallest absolute Gasteiger partial charge is 0.292 e. The van der Waals surface area contributed by atoms with Gasteiger partial charge in [-0.25, -0.2) is 0 Å². The summed E-state index contributed by atoms with van der Waals surface area (Å²) in [7, 11) is 0. The van der Waals surface area contributed by atoms with E-state index >= 15 is 0 Å². The zero-order chi connectivity index (χ0) is 12.3. The van der Waals surface area contributed by atoms with E-state index in [1.807, 2.05) is 6.07 Å². The van der Waals surface area contributed by atoms with Crippen molar-refractivity contribution in [2.75, 3.05) is 18.8 Å². The molecular weight excluding hydrogens is 218 g/mol. The van der Waals surface area contributed by atoms with Crippen LogP contribution in [0.15, 0.2) is 18.2 Å². The van der Waals surface area contributed by atoms with E-state index in [9.17, 15) is 10.1 Å². The second-order valence-electron chi connectivity index (χ2n) is 4.49. The van der Waals surface area contributed by atoms with E-state index in [4.69, 9.17) is 5.73 Å². The number of nitrogens with zero attached hydrogens (tertiary/aromatic N) is 2. The molecule has 92 valence electrons. The van der Waals surface area contributed by atoms with Gasteiger partial charge in [-0.3, -0.25) is 15.0 Å². The first-order valence-electron chi connectivity index (χ1n) is 5.92. The number of nitro groups is 1. The molecule has 2 N–H and O–H groups in total. The molecule has 1 heterocycles. The zero-order valence-corrected chi connectivity index (χ0v) is 9.76. The lowest BCUT2D eigenvalue weighted by Gasteiger charge is -2.26. The highest BCUT2D eigenvalue weighted by Crippen LogP contribution is 2.23. The molecule has 0 saturated carbocycles. The van der Waals surface area contributed by atoms with Gasteiger partial charge >= 0.3 is 0 Å². The Kier molecular flexibility index (Phi) is 3.58. The van der Waals surface area contributed by atoms with E-state index in [0.29, 0.717) is 0 Å². The molecule has 0 spiro atoms. The molecule has 0 bridgehead atoms. The van der Waals surface area contributed by atoms with Crippen LogP contribution in [0, 0.1) is 10.1 Å². The summed E-state index contributed by atoms with van der Waals surface area (Å²) in [5, 5.41) is 10.8. The summed E-state index contributed by atoms with van der Waals surface area (Å²) < 4.78 is 0. The van der Waals surface area contributed by atoms with Gasteiger partial charge in [0.15, 0.2) is 0 Å². The van der Waals surface area contributed by atoms with Gasteiger partial charge in [0.1, 0.15) is 5.69 Å². The number of nitrogen functional groups attached to an aromatic ring is 1. The summed E-state index contributed by atoms with van der Waals surface area (Å²) >= 11 is 0. The Morgan fingerprint density at radius 3 is 2.65 bits per heavy atom. The minimum absolute atomic E-state index is 0.0134. The lowest BCUT2D eigenvalue weighted by atomic mass is 10.1. The van der Waals surface area contributed by atoms with Crippen LogP contribution in [-0.4, -0.2) is 22.9 Å². The lowest BCUT2D eigenvalue weighted by molar-refractivity contribution is -0.384. The fourth-order valence-electron chi connectivity index (χ4n) is 2.22. The largest absolute Gasteiger partial charge is 0.393 e. The van der Waals surface area contributed by atoms with E-state index in [1.165, 1.54) is 19.3 Å². The van der Waals surface area contributed by atoms with Crippen molar-refractivity contribution in [1.29, 1.82) is 0 Å². The van der Waals surface area contributed by atoms with E-state index in [0.717, 1.165) is 25.2 Å². The molecule has 2 rings (SSSR count). The number of anilines is 1. The fraction of sp³-hybridized carbons (Fsp3) is 0.500. The fourth-order valence-corrected chi connectivity index (χ4v) is 2.22. The van der Waals surface area contributed by atoms with Crippen molar-refractivity contribution in [2.45, 2.75) is 25.8 Å². The van der Waals surface area contributed by atoms with Crippen LogP contribution in [-0.2, 0) is 6.54 Å². The lowest BCUT2D eigenvalue weighted by Crippen LogP contribution is -2.29. The highest BCUT2D eigenvalue weighted by molar-refractivity contribution is 5.59. The SMILES string of the molecule is Nc1ccc(CN2CCCCC2)cc1[N+](=O)[O-]. The molecule has 5 heteroatoms. The van der Waals surface area contributed by atoms with Gasteiger partial charge in [0.2, 0.25) is 0 Å². The zero-order valence-electron chi connectivity index (χ0n) is 9.76. The molecule has 0 aliphatic carbocycles. The Labute approximate surface area is 100 Å². The highest BCUT2D eigenvalue weighted by atomic mass is 16.6. The maximum absolute atomic E-state index is 10.8. The molecule has 1 aliphatic heterocycles. The quantitative estimate of drug-likeness (QED) is 0.495. The van der Waals surface area contributed by atoms with Gasteiger partial charge < -0.3 is 5.73 Å². The molecule has 17 heavy (non-hydrogen) atoms. The maximum atomic E-state index is 10.8. The molecule has 0 radical (unpaired) electrons. The van der Waals surface area contributed by atoms with Gasteiger partial charge in [-0.1, -0.05) is 12.5 Å². The normalized spacial score (nSPS) is 16.9. The van der Waals surface area contributed by atoms with Gasteiger partial charge in [-0.05, 0) is 37.6 Å². The second-order valence-corrected chi connectivity index (χ2v) is 4.49. The molecule has 1 aromatic rings. The van der Waals surface area contributed by atoms with Gasteiger partial charge in [0, 0.05) is 12.6 Å². The van der Waals surface area contributed by atoms with Crippen molar-refractivity contribution >= 4 is 11.4 Å². The average molecular weight is 235 g/mol. The van der Waals surface area contributed by atoms with Gasteiger partial charge in [-0.2, -0.15) is 0 Å². The van der Waals surface area contributed by atoms with Gasteiger partial charge in [0.25, 0.3) is 5.69 Å². The predicted molar refractivity (Wildman–Crippen MR) is 66.6 cm³/mol. The minimum atomic E-state index is -0.422. The molecule has 1 aliphatic rings. The summed E-state index contributed by atoms with van der Waals surface area (Å²) in [5.41, 5.74) is 6.78. The van der Waals surface area contributed by atoms with E-state index in [2.05, 4.69) is 4.90 Å². The first kappa shape index (κ1) is 11.9. The molecule has 1 fully saturated rings. The number of likely N-dealkylation sites (tertiary alicyclic amines) is 1. The number of hydrogen-bond acceptors (Lipinski definition) is 4. The van der Waals surface area contributed by atoms with Crippen LogP contribution in [0.25, 0.3) is 0 Å². The molecule has 0 atom stereocenters. The van der Waals surface area contributed by atoms with Crippen LogP contribution in [0.1, 0.15) is 24.8 Å². The Bertz CT molecular complexity index is 414. The van der Waals surface area contributed by atoms with E-state index in [-0.39, 0.29) is 11.4 Å². The molecule has 1 saturated heterocycles. The summed E-state index contributed by atoms with van der Waals surface area (Å²) in [6.45, 7) is 2.94. The Hall–Kier alpha value is -1.62. The minimum Gasteiger partial charge on any atom is -0.393 e. The maximum Gasteiger partial charge on any atom is 0.292 e. The van der Waals surface area contributed by atoms with Crippen molar-refractivity contribution in [3.8, 4) is 0 Å². The van der Waals surface area contributed by atoms with Crippen molar-refractivity contribution in [2.24, 2.45) is 0 Å². The third-order valence-electron chi connectivity index (χ3n) is 3.15. The van der Waals surface area contributed by atoms with Crippen LogP contribution in [0.3, 0.4) is 0 Å². The number of benzene rings is 1. The summed E-state index contributed by atoms with van der Waals surface area (Å²) in [5.74, 6) is 0. The van der Waals surface area contributed by atoms with Crippen molar-refractivity contribution in [1.82, 2.24) is 4.90 Å². The molecule has 0 unspecified atom stereocenters. The topological polar surface area (TPSA) is 72.4 Å². The number of nitrogens with two attached hydrogens (primary N) is 1. The average Bonchev–Trinajstić information content (AvgIpc) is 2.32. The number of piperidine rings is 1. The van der Waals surface area contributed by atoms with E-state index in [1.54, 1.807) is 12.1 Å². The third kappa shape index (κ3) is 2.94. The van der Waals surface area contributed by atoms with Gasteiger partial charge in [0.05, 0.1) is 4.92 Å². The number of rotatable bonds is 3. The van der Waals surface area contributed by atoms with Crippen molar-refractivity contribution < 1.29 is 4.92 Å². The molecule has 0 aromatic heterocycles. The van der Waals surface area contributed by atoms with Crippen molar-refractivity contribution in [3.05, 3.63) is 33.9 Å². The molecule has 1 aromatic carbocycles. The van der Waals surface area contributed by atoms with Crippen molar-refractivity contribution in [3.63, 3.8) is 0 Å². The standard InChI is InChI=1S/C12H17N3O2/c13-11-5-4-10(8-12(11)15(16)17)9-14-6-2-1-3-7-14/h4-5,8H,1-3,6-7,9,13H2. The second kappa shape index (κ2) is 5.14. The highest BCUT2D eigenvalue weighted by Gasteiger charge is 2.15. The van der Waals surface area contributed by atoms with E-state index < -0.39 is 4.92 Å². The Balaban J connectivity index is 2.10. The Morgan fingerprint density at radius 2 is 2.00 bits per heavy atom. The predicted octanol–water partition coefficient (Wildman–Crippen LogP) is 2.16. The third-order valence-corrected chi connectivity index (χ3v) is 3.15. The molecular formula is C12H17N3O2. The van der Waals surface area contributed by atoms with Gasteiger partial charge in [-0.15, -0.1) is 0 Å². The monoisotopic (exact) mass is 235 g/mol. The first-order valence-corrected chi connectivity index (χ1v) is 5.92. The van der Waals surface area contributed by atoms with Crippen LogP contribution < -0.4 is 5.73 Å². The Morgan fingerprint density at radius 1 is 1.29 bits per heavy atom. The van der Waals surface area contributed by atoms with Crippen LogP contribution in [0.4, 0.5) is 11.4 Å².